The molecule has 1 heterocycles. The SMILES string of the molecule is CC(C)(CCn1cc(C(F)(F)F)ccc1=O)C(=O)O. The second kappa shape index (κ2) is 5.07. The Balaban J connectivity index is 2.96. The fourth-order valence-electron chi connectivity index (χ4n) is 1.38. The second-order valence-electron chi connectivity index (χ2n) is 4.89. The molecule has 1 N–H and O–H groups in total. The first-order valence-corrected chi connectivity index (χ1v) is 5.55. The molecule has 0 saturated carbocycles. The van der Waals surface area contributed by atoms with Gasteiger partial charge in [-0.3, -0.25) is 9.59 Å². The zero-order valence-electron chi connectivity index (χ0n) is 10.5. The standard InChI is InChI=1S/C12H14F3NO3/c1-11(2,10(18)19)5-6-16-7-8(12(13,14)15)3-4-9(16)17/h3-4,7H,5-6H2,1-2H3,(H,18,19). The van der Waals surface area contributed by atoms with E-state index >= 15 is 0 Å². The molecule has 0 aromatic carbocycles. The molecule has 1 aromatic rings. The van der Waals surface area contributed by atoms with Gasteiger partial charge >= 0.3 is 12.1 Å². The van der Waals surface area contributed by atoms with Crippen LogP contribution in [0.4, 0.5) is 13.2 Å². The number of carboxylic acids is 1. The van der Waals surface area contributed by atoms with E-state index in [0.29, 0.717) is 12.3 Å². The molecule has 0 amide bonds. The summed E-state index contributed by atoms with van der Waals surface area (Å²) in [6.07, 6.45) is -3.76. The zero-order valence-corrected chi connectivity index (χ0v) is 10.5. The van der Waals surface area contributed by atoms with Crippen molar-refractivity contribution < 1.29 is 23.1 Å². The molecule has 0 aliphatic carbocycles. The molecule has 0 aliphatic heterocycles. The Morgan fingerprint density at radius 2 is 1.89 bits per heavy atom. The number of hydrogen-bond donors (Lipinski definition) is 1. The van der Waals surface area contributed by atoms with Crippen molar-refractivity contribution >= 4 is 5.97 Å². The molecule has 0 atom stereocenters. The highest BCUT2D eigenvalue weighted by atomic mass is 19.4. The largest absolute Gasteiger partial charge is 0.481 e. The van der Waals surface area contributed by atoms with Gasteiger partial charge in [-0.2, -0.15) is 13.2 Å². The minimum absolute atomic E-state index is 0.0591. The summed E-state index contributed by atoms with van der Waals surface area (Å²) in [5, 5.41) is 8.91. The highest BCUT2D eigenvalue weighted by molar-refractivity contribution is 5.73. The van der Waals surface area contributed by atoms with Crippen LogP contribution in [-0.2, 0) is 17.5 Å². The van der Waals surface area contributed by atoms with Gasteiger partial charge in [0, 0.05) is 18.8 Å². The maximum absolute atomic E-state index is 12.5. The Morgan fingerprint density at radius 1 is 1.32 bits per heavy atom. The van der Waals surface area contributed by atoms with Gasteiger partial charge in [-0.25, -0.2) is 0 Å². The van der Waals surface area contributed by atoms with Gasteiger partial charge in [0.2, 0.25) is 0 Å². The van der Waals surface area contributed by atoms with E-state index < -0.39 is 28.7 Å². The highest BCUT2D eigenvalue weighted by Crippen LogP contribution is 2.28. The molecule has 0 radical (unpaired) electrons. The number of halogens is 3. The number of pyridine rings is 1. The maximum atomic E-state index is 12.5. The summed E-state index contributed by atoms with van der Waals surface area (Å²) in [6, 6.07) is 1.54. The summed E-state index contributed by atoms with van der Waals surface area (Å²) in [7, 11) is 0. The van der Waals surface area contributed by atoms with Gasteiger partial charge in [-0.15, -0.1) is 0 Å². The monoisotopic (exact) mass is 277 g/mol. The van der Waals surface area contributed by atoms with E-state index in [1.807, 2.05) is 0 Å². The molecule has 1 aromatic heterocycles. The lowest BCUT2D eigenvalue weighted by Gasteiger charge is -2.19. The lowest BCUT2D eigenvalue weighted by atomic mass is 9.89. The fraction of sp³-hybridized carbons (Fsp3) is 0.500. The Hall–Kier alpha value is -1.79. The molecule has 106 valence electrons. The van der Waals surface area contributed by atoms with E-state index in [2.05, 4.69) is 0 Å². The third kappa shape index (κ3) is 3.84. The molecule has 0 unspecified atom stereocenters. The van der Waals surface area contributed by atoms with Crippen molar-refractivity contribution in [1.82, 2.24) is 4.57 Å². The van der Waals surface area contributed by atoms with E-state index in [4.69, 9.17) is 5.11 Å². The molecule has 0 spiro atoms. The van der Waals surface area contributed by atoms with Crippen molar-refractivity contribution in [2.45, 2.75) is 33.0 Å². The van der Waals surface area contributed by atoms with Gasteiger partial charge < -0.3 is 9.67 Å². The zero-order chi connectivity index (χ0) is 14.8. The number of carbonyl (C=O) groups is 1. The smallest absolute Gasteiger partial charge is 0.417 e. The van der Waals surface area contributed by atoms with Crippen LogP contribution in [0.1, 0.15) is 25.8 Å². The first-order valence-electron chi connectivity index (χ1n) is 5.55. The van der Waals surface area contributed by atoms with E-state index in [9.17, 15) is 22.8 Å². The molecule has 19 heavy (non-hydrogen) atoms. The number of rotatable bonds is 4. The van der Waals surface area contributed by atoms with E-state index in [1.165, 1.54) is 13.8 Å². The van der Waals surface area contributed by atoms with Crippen molar-refractivity contribution in [3.05, 3.63) is 34.2 Å². The fourth-order valence-corrected chi connectivity index (χ4v) is 1.38. The summed E-state index contributed by atoms with van der Waals surface area (Å²) >= 11 is 0. The lowest BCUT2D eigenvalue weighted by Crippen LogP contribution is -2.28. The number of aryl methyl sites for hydroxylation is 1. The summed E-state index contributed by atoms with van der Waals surface area (Å²) in [5.41, 5.74) is -2.62. The molecule has 4 nitrogen and oxygen atoms in total. The number of carboxylic acid groups (broad SMARTS) is 1. The maximum Gasteiger partial charge on any atom is 0.417 e. The predicted octanol–water partition coefficient (Wildman–Crippen LogP) is 2.37. The average Bonchev–Trinajstić information content (AvgIpc) is 2.26. The summed E-state index contributed by atoms with van der Waals surface area (Å²) in [4.78, 5) is 22.3. The van der Waals surface area contributed by atoms with Crippen LogP contribution in [0.5, 0.6) is 0 Å². The number of alkyl halides is 3. The molecular weight excluding hydrogens is 263 g/mol. The average molecular weight is 277 g/mol. The first kappa shape index (κ1) is 15.3. The number of aliphatic carboxylic acids is 1. The quantitative estimate of drug-likeness (QED) is 0.919. The van der Waals surface area contributed by atoms with Crippen molar-refractivity contribution in [3.63, 3.8) is 0 Å². The van der Waals surface area contributed by atoms with Crippen LogP contribution in [0.25, 0.3) is 0 Å². The third-order valence-electron chi connectivity index (χ3n) is 2.87. The summed E-state index contributed by atoms with van der Waals surface area (Å²) < 4.78 is 38.4. The van der Waals surface area contributed by atoms with Crippen LogP contribution >= 0.6 is 0 Å². The third-order valence-corrected chi connectivity index (χ3v) is 2.87. The molecule has 7 heteroatoms. The molecule has 0 aliphatic rings. The van der Waals surface area contributed by atoms with Gasteiger partial charge in [0.25, 0.3) is 5.56 Å². The molecule has 0 saturated heterocycles. The summed E-state index contributed by atoms with van der Waals surface area (Å²) in [6.45, 7) is 2.82. The Labute approximate surface area is 107 Å². The van der Waals surface area contributed by atoms with E-state index in [1.54, 1.807) is 0 Å². The van der Waals surface area contributed by atoms with Crippen LogP contribution in [-0.4, -0.2) is 15.6 Å². The van der Waals surface area contributed by atoms with Crippen LogP contribution in [0.3, 0.4) is 0 Å². The van der Waals surface area contributed by atoms with Crippen LogP contribution in [0, 0.1) is 5.41 Å². The molecular formula is C12H14F3NO3. The molecule has 1 rings (SSSR count). The van der Waals surface area contributed by atoms with Gasteiger partial charge in [-0.1, -0.05) is 0 Å². The minimum atomic E-state index is -4.53. The molecule has 0 fully saturated rings. The summed E-state index contributed by atoms with van der Waals surface area (Å²) in [5.74, 6) is -1.06. The van der Waals surface area contributed by atoms with Gasteiger partial charge in [0.05, 0.1) is 11.0 Å². The first-order chi connectivity index (χ1) is 8.54. The number of hydrogen-bond acceptors (Lipinski definition) is 2. The second-order valence-corrected chi connectivity index (χ2v) is 4.89. The van der Waals surface area contributed by atoms with Crippen molar-refractivity contribution in [2.24, 2.45) is 5.41 Å². The van der Waals surface area contributed by atoms with Crippen LogP contribution < -0.4 is 5.56 Å². The normalized spacial score (nSPS) is 12.5. The number of nitrogens with zero attached hydrogens (tertiary/aromatic N) is 1. The Morgan fingerprint density at radius 3 is 2.37 bits per heavy atom. The van der Waals surface area contributed by atoms with Crippen molar-refractivity contribution in [2.75, 3.05) is 0 Å². The van der Waals surface area contributed by atoms with Crippen LogP contribution in [0.15, 0.2) is 23.1 Å². The van der Waals surface area contributed by atoms with E-state index in [0.717, 1.165) is 10.6 Å². The van der Waals surface area contributed by atoms with Crippen molar-refractivity contribution in [1.29, 1.82) is 0 Å². The lowest BCUT2D eigenvalue weighted by molar-refractivity contribution is -0.147. The van der Waals surface area contributed by atoms with Gasteiger partial charge in [-0.05, 0) is 26.3 Å². The van der Waals surface area contributed by atoms with Crippen molar-refractivity contribution in [3.8, 4) is 0 Å². The topological polar surface area (TPSA) is 59.3 Å². The minimum Gasteiger partial charge on any atom is -0.481 e. The van der Waals surface area contributed by atoms with Crippen LogP contribution in [0.2, 0.25) is 0 Å². The Bertz CT molecular complexity index is 532. The van der Waals surface area contributed by atoms with E-state index in [-0.39, 0.29) is 13.0 Å². The highest BCUT2D eigenvalue weighted by Gasteiger charge is 2.31. The molecule has 0 bridgehead atoms. The number of aromatic nitrogens is 1. The van der Waals surface area contributed by atoms with Gasteiger partial charge in [0.15, 0.2) is 0 Å². The van der Waals surface area contributed by atoms with Gasteiger partial charge in [0.1, 0.15) is 0 Å². The Kier molecular flexibility index (Phi) is 4.07. The predicted molar refractivity (Wildman–Crippen MR) is 61.7 cm³/mol.